The summed E-state index contributed by atoms with van der Waals surface area (Å²) in [5.41, 5.74) is 4.78. The van der Waals surface area contributed by atoms with Crippen LogP contribution in [-0.4, -0.2) is 58.3 Å². The SMILES string of the molecule is CN(C[C@@H]1CCN(C(=O)C2CC2)C1)C(=O)c1ccc(-c2ccc3nc[nH]c3c2)cc1. The van der Waals surface area contributed by atoms with Crippen LogP contribution in [0.2, 0.25) is 0 Å². The highest BCUT2D eigenvalue weighted by Crippen LogP contribution is 2.33. The van der Waals surface area contributed by atoms with Crippen molar-refractivity contribution in [1.29, 1.82) is 0 Å². The Bertz CT molecular complexity index is 1080. The maximum Gasteiger partial charge on any atom is 0.253 e. The van der Waals surface area contributed by atoms with Crippen molar-refractivity contribution in [3.05, 3.63) is 54.4 Å². The van der Waals surface area contributed by atoms with E-state index >= 15 is 0 Å². The predicted octanol–water partition coefficient (Wildman–Crippen LogP) is 3.56. The van der Waals surface area contributed by atoms with Gasteiger partial charge in [0.15, 0.2) is 0 Å². The maximum absolute atomic E-state index is 12.9. The minimum atomic E-state index is 0.0255. The molecule has 0 unspecified atom stereocenters. The van der Waals surface area contributed by atoms with Crippen molar-refractivity contribution in [1.82, 2.24) is 19.8 Å². The van der Waals surface area contributed by atoms with Crippen LogP contribution in [0.25, 0.3) is 22.2 Å². The number of hydrogen-bond donors (Lipinski definition) is 1. The number of rotatable bonds is 5. The van der Waals surface area contributed by atoms with Gasteiger partial charge in [0, 0.05) is 38.2 Å². The van der Waals surface area contributed by atoms with Crippen molar-refractivity contribution in [2.24, 2.45) is 11.8 Å². The molecule has 2 amide bonds. The molecule has 30 heavy (non-hydrogen) atoms. The number of nitrogens with one attached hydrogen (secondary N) is 1. The smallest absolute Gasteiger partial charge is 0.253 e. The molecule has 154 valence electrons. The summed E-state index contributed by atoms with van der Waals surface area (Å²) in [4.78, 5) is 36.3. The van der Waals surface area contributed by atoms with E-state index in [1.807, 2.05) is 48.3 Å². The van der Waals surface area contributed by atoms with Gasteiger partial charge in [0.1, 0.15) is 0 Å². The summed E-state index contributed by atoms with van der Waals surface area (Å²) in [6.07, 6.45) is 4.76. The fourth-order valence-corrected chi connectivity index (χ4v) is 4.38. The number of amides is 2. The molecule has 2 fully saturated rings. The van der Waals surface area contributed by atoms with Crippen LogP contribution >= 0.6 is 0 Å². The molecule has 1 saturated heterocycles. The molecule has 3 aromatic rings. The molecule has 0 bridgehead atoms. The van der Waals surface area contributed by atoms with Crippen LogP contribution in [0, 0.1) is 11.8 Å². The summed E-state index contributed by atoms with van der Waals surface area (Å²) in [6, 6.07) is 13.9. The highest BCUT2D eigenvalue weighted by molar-refractivity contribution is 5.94. The lowest BCUT2D eigenvalue weighted by molar-refractivity contribution is -0.131. The van der Waals surface area contributed by atoms with E-state index in [2.05, 4.69) is 16.0 Å². The number of carbonyl (C=O) groups excluding carboxylic acids is 2. The lowest BCUT2D eigenvalue weighted by Crippen LogP contribution is -2.34. The summed E-state index contributed by atoms with van der Waals surface area (Å²) >= 11 is 0. The van der Waals surface area contributed by atoms with Gasteiger partial charge in [-0.05, 0) is 60.6 Å². The molecule has 1 N–H and O–H groups in total. The van der Waals surface area contributed by atoms with Crippen LogP contribution in [0.3, 0.4) is 0 Å². The van der Waals surface area contributed by atoms with Crippen molar-refractivity contribution < 1.29 is 9.59 Å². The van der Waals surface area contributed by atoms with E-state index in [4.69, 9.17) is 0 Å². The summed E-state index contributed by atoms with van der Waals surface area (Å²) in [5.74, 6) is 0.977. The topological polar surface area (TPSA) is 69.3 Å². The fourth-order valence-electron chi connectivity index (χ4n) is 4.38. The van der Waals surface area contributed by atoms with Gasteiger partial charge in [-0.1, -0.05) is 18.2 Å². The van der Waals surface area contributed by atoms with E-state index in [-0.39, 0.29) is 11.8 Å². The third-order valence-corrected chi connectivity index (χ3v) is 6.29. The van der Waals surface area contributed by atoms with Crippen molar-refractivity contribution in [3.8, 4) is 11.1 Å². The monoisotopic (exact) mass is 402 g/mol. The Morgan fingerprint density at radius 2 is 1.87 bits per heavy atom. The minimum absolute atomic E-state index is 0.0255. The number of likely N-dealkylation sites (tertiary alicyclic amines) is 1. The number of H-pyrrole nitrogens is 1. The Labute approximate surface area is 175 Å². The second-order valence-electron chi connectivity index (χ2n) is 8.61. The zero-order valence-electron chi connectivity index (χ0n) is 17.2. The molecule has 0 spiro atoms. The summed E-state index contributed by atoms with van der Waals surface area (Å²) < 4.78 is 0. The van der Waals surface area contributed by atoms with E-state index in [1.165, 1.54) is 0 Å². The van der Waals surface area contributed by atoms with Crippen molar-refractivity contribution in [2.45, 2.75) is 19.3 Å². The van der Waals surface area contributed by atoms with Gasteiger partial charge in [-0.3, -0.25) is 9.59 Å². The molecule has 1 aliphatic carbocycles. The molecule has 1 aliphatic heterocycles. The zero-order chi connectivity index (χ0) is 20.7. The van der Waals surface area contributed by atoms with Gasteiger partial charge in [0.05, 0.1) is 17.4 Å². The molecule has 1 atom stereocenters. The van der Waals surface area contributed by atoms with E-state index in [1.54, 1.807) is 11.2 Å². The van der Waals surface area contributed by atoms with Gasteiger partial charge < -0.3 is 14.8 Å². The summed E-state index contributed by atoms with van der Waals surface area (Å²) in [7, 11) is 1.85. The maximum atomic E-state index is 12.9. The molecule has 2 aliphatic rings. The van der Waals surface area contributed by atoms with E-state index in [9.17, 15) is 9.59 Å². The molecular weight excluding hydrogens is 376 g/mol. The van der Waals surface area contributed by atoms with Crippen molar-refractivity contribution in [2.75, 3.05) is 26.7 Å². The number of carbonyl (C=O) groups is 2. The molecule has 2 heterocycles. The van der Waals surface area contributed by atoms with Gasteiger partial charge in [-0.2, -0.15) is 0 Å². The number of fused-ring (bicyclic) bond motifs is 1. The number of nitrogens with zero attached hydrogens (tertiary/aromatic N) is 3. The molecule has 6 nitrogen and oxygen atoms in total. The van der Waals surface area contributed by atoms with E-state index < -0.39 is 0 Å². The second kappa shape index (κ2) is 7.59. The number of aromatic nitrogens is 2. The van der Waals surface area contributed by atoms with Crippen LogP contribution < -0.4 is 0 Å². The molecule has 2 aromatic carbocycles. The Morgan fingerprint density at radius 3 is 2.63 bits per heavy atom. The number of aromatic amines is 1. The molecule has 0 radical (unpaired) electrons. The van der Waals surface area contributed by atoms with Gasteiger partial charge in [0.2, 0.25) is 5.91 Å². The van der Waals surface area contributed by atoms with Crippen molar-refractivity contribution >= 4 is 22.8 Å². The number of benzene rings is 2. The third kappa shape index (κ3) is 3.70. The summed E-state index contributed by atoms with van der Waals surface area (Å²) in [5, 5.41) is 0. The van der Waals surface area contributed by atoms with Gasteiger partial charge in [0.25, 0.3) is 5.91 Å². The van der Waals surface area contributed by atoms with E-state index in [0.29, 0.717) is 23.9 Å². The van der Waals surface area contributed by atoms with Gasteiger partial charge in [-0.25, -0.2) is 4.98 Å². The number of imidazole rings is 1. The van der Waals surface area contributed by atoms with E-state index in [0.717, 1.165) is 54.5 Å². The van der Waals surface area contributed by atoms with Crippen LogP contribution in [0.15, 0.2) is 48.8 Å². The highest BCUT2D eigenvalue weighted by Gasteiger charge is 2.36. The van der Waals surface area contributed by atoms with Gasteiger partial charge in [-0.15, -0.1) is 0 Å². The lowest BCUT2D eigenvalue weighted by Gasteiger charge is -2.22. The largest absolute Gasteiger partial charge is 0.345 e. The second-order valence-corrected chi connectivity index (χ2v) is 8.61. The quantitative estimate of drug-likeness (QED) is 0.709. The Balaban J connectivity index is 1.21. The zero-order valence-corrected chi connectivity index (χ0v) is 17.2. The molecular formula is C24H26N4O2. The standard InChI is InChI=1S/C24H26N4O2/c1-27(13-16-10-11-28(14-16)24(30)19-6-7-19)23(29)18-4-2-17(3-5-18)20-8-9-21-22(12-20)26-15-25-21/h2-5,8-9,12,15-16,19H,6-7,10-11,13-14H2,1H3,(H,25,26)/t16-/m0/s1. The van der Waals surface area contributed by atoms with Gasteiger partial charge >= 0.3 is 0 Å². The van der Waals surface area contributed by atoms with Crippen molar-refractivity contribution in [3.63, 3.8) is 0 Å². The van der Waals surface area contributed by atoms with Crippen LogP contribution in [0.1, 0.15) is 29.6 Å². The lowest BCUT2D eigenvalue weighted by atomic mass is 10.0. The number of hydrogen-bond acceptors (Lipinski definition) is 3. The Kier molecular flexibility index (Phi) is 4.77. The van der Waals surface area contributed by atoms with Crippen LogP contribution in [0.5, 0.6) is 0 Å². The molecule has 5 rings (SSSR count). The normalized spacial score (nSPS) is 18.7. The summed E-state index contributed by atoms with van der Waals surface area (Å²) in [6.45, 7) is 2.30. The molecule has 1 aromatic heterocycles. The van der Waals surface area contributed by atoms with Crippen LogP contribution in [-0.2, 0) is 4.79 Å². The molecule has 1 saturated carbocycles. The average molecular weight is 402 g/mol. The fraction of sp³-hybridized carbons (Fsp3) is 0.375. The average Bonchev–Trinajstić information content (AvgIpc) is 3.34. The minimum Gasteiger partial charge on any atom is -0.345 e. The first-order valence-corrected chi connectivity index (χ1v) is 10.7. The predicted molar refractivity (Wildman–Crippen MR) is 116 cm³/mol. The third-order valence-electron chi connectivity index (χ3n) is 6.29. The first-order valence-electron chi connectivity index (χ1n) is 10.7. The first-order chi connectivity index (χ1) is 14.6. The van der Waals surface area contributed by atoms with Crippen LogP contribution in [0.4, 0.5) is 0 Å². The molecule has 6 heteroatoms. The first kappa shape index (κ1) is 18.9. The Hall–Kier alpha value is -3.15. The highest BCUT2D eigenvalue weighted by atomic mass is 16.2. The Morgan fingerprint density at radius 1 is 1.10 bits per heavy atom.